The van der Waals surface area contributed by atoms with Crippen LogP contribution in [0, 0.1) is 11.7 Å². The molecule has 2 N–H and O–H groups in total. The molecule has 1 saturated heterocycles. The van der Waals surface area contributed by atoms with Crippen molar-refractivity contribution in [3.05, 3.63) is 29.6 Å². The molecule has 1 aliphatic heterocycles. The van der Waals surface area contributed by atoms with Gasteiger partial charge in [0.1, 0.15) is 5.82 Å². The number of rotatable bonds is 3. The van der Waals surface area contributed by atoms with Crippen molar-refractivity contribution in [2.45, 2.75) is 25.8 Å². The van der Waals surface area contributed by atoms with Crippen LogP contribution in [0.5, 0.6) is 0 Å². The average molecular weight is 294 g/mol. The van der Waals surface area contributed by atoms with E-state index in [0.717, 1.165) is 12.6 Å². The Hall–Kier alpha value is -1.95. The van der Waals surface area contributed by atoms with Gasteiger partial charge in [0.05, 0.1) is 18.4 Å². The molecule has 1 fully saturated rings. The van der Waals surface area contributed by atoms with Gasteiger partial charge < -0.3 is 15.4 Å². The molecule has 1 heterocycles. The Bertz CT molecular complexity index is 548. The van der Waals surface area contributed by atoms with E-state index < -0.39 is 11.8 Å². The molecule has 1 amide bonds. The van der Waals surface area contributed by atoms with Gasteiger partial charge in [-0.2, -0.15) is 0 Å². The van der Waals surface area contributed by atoms with E-state index in [9.17, 15) is 14.0 Å². The van der Waals surface area contributed by atoms with Crippen molar-refractivity contribution in [1.29, 1.82) is 0 Å². The molecule has 2 rings (SSSR count). The van der Waals surface area contributed by atoms with Crippen molar-refractivity contribution in [2.75, 3.05) is 19.0 Å². The number of nitrogens with one attached hydrogen (secondary N) is 2. The first-order chi connectivity index (χ1) is 10.0. The standard InChI is InChI=1S/C15H19FN2O3/c1-9-7-10(5-6-17-9)14(19)18-13-8-11(15(20)21-2)3-4-12(13)16/h3-4,8-10,17H,5-7H2,1-2H3,(H,18,19). The lowest BCUT2D eigenvalue weighted by molar-refractivity contribution is -0.120. The van der Waals surface area contributed by atoms with Crippen molar-refractivity contribution in [3.63, 3.8) is 0 Å². The highest BCUT2D eigenvalue weighted by atomic mass is 19.1. The Morgan fingerprint density at radius 3 is 2.86 bits per heavy atom. The summed E-state index contributed by atoms with van der Waals surface area (Å²) in [6, 6.07) is 4.03. The van der Waals surface area contributed by atoms with Crippen LogP contribution in [-0.4, -0.2) is 31.6 Å². The summed E-state index contributed by atoms with van der Waals surface area (Å²) < 4.78 is 18.3. The maximum atomic E-state index is 13.8. The Balaban J connectivity index is 2.11. The summed E-state index contributed by atoms with van der Waals surface area (Å²) in [5, 5.41) is 5.83. The highest BCUT2D eigenvalue weighted by Gasteiger charge is 2.25. The Morgan fingerprint density at radius 2 is 2.19 bits per heavy atom. The zero-order valence-electron chi connectivity index (χ0n) is 12.1. The van der Waals surface area contributed by atoms with Crippen LogP contribution in [0.25, 0.3) is 0 Å². The van der Waals surface area contributed by atoms with Crippen LogP contribution in [0.3, 0.4) is 0 Å². The zero-order valence-corrected chi connectivity index (χ0v) is 12.1. The molecular formula is C15H19FN2O3. The summed E-state index contributed by atoms with van der Waals surface area (Å²) in [6.07, 6.45) is 1.43. The van der Waals surface area contributed by atoms with E-state index in [-0.39, 0.29) is 29.1 Å². The van der Waals surface area contributed by atoms with E-state index in [0.29, 0.717) is 12.8 Å². The van der Waals surface area contributed by atoms with E-state index in [1.54, 1.807) is 0 Å². The molecule has 2 atom stereocenters. The molecule has 0 bridgehead atoms. The lowest BCUT2D eigenvalue weighted by Crippen LogP contribution is -2.40. The fourth-order valence-corrected chi connectivity index (χ4v) is 2.47. The van der Waals surface area contributed by atoms with Gasteiger partial charge in [-0.15, -0.1) is 0 Å². The third-order valence-electron chi connectivity index (χ3n) is 3.64. The van der Waals surface area contributed by atoms with E-state index in [1.807, 2.05) is 6.92 Å². The van der Waals surface area contributed by atoms with Crippen molar-refractivity contribution >= 4 is 17.6 Å². The normalized spacial score (nSPS) is 21.7. The molecule has 6 heteroatoms. The molecule has 114 valence electrons. The fraction of sp³-hybridized carbons (Fsp3) is 0.467. The van der Waals surface area contributed by atoms with Crippen molar-refractivity contribution in [3.8, 4) is 0 Å². The van der Waals surface area contributed by atoms with Gasteiger partial charge in [-0.1, -0.05) is 0 Å². The minimum absolute atomic E-state index is 0.00841. The SMILES string of the molecule is COC(=O)c1ccc(F)c(NC(=O)C2CCNC(C)C2)c1. The van der Waals surface area contributed by atoms with Gasteiger partial charge in [-0.3, -0.25) is 4.79 Å². The number of carbonyl (C=O) groups is 2. The number of amides is 1. The highest BCUT2D eigenvalue weighted by molar-refractivity contribution is 5.95. The van der Waals surface area contributed by atoms with Crippen LogP contribution in [0.15, 0.2) is 18.2 Å². The topological polar surface area (TPSA) is 67.4 Å². The summed E-state index contributed by atoms with van der Waals surface area (Å²) in [4.78, 5) is 23.6. The van der Waals surface area contributed by atoms with Gasteiger partial charge >= 0.3 is 5.97 Å². The molecule has 2 unspecified atom stereocenters. The predicted octanol–water partition coefficient (Wildman–Crippen LogP) is 1.94. The number of halogens is 1. The second-order valence-electron chi connectivity index (χ2n) is 5.25. The van der Waals surface area contributed by atoms with Crippen molar-refractivity contribution < 1.29 is 18.7 Å². The number of piperidine rings is 1. The second-order valence-corrected chi connectivity index (χ2v) is 5.25. The Morgan fingerprint density at radius 1 is 1.43 bits per heavy atom. The molecule has 5 nitrogen and oxygen atoms in total. The van der Waals surface area contributed by atoms with E-state index in [4.69, 9.17) is 0 Å². The molecule has 1 aliphatic rings. The summed E-state index contributed by atoms with van der Waals surface area (Å²) in [7, 11) is 1.25. The average Bonchev–Trinajstić information content (AvgIpc) is 2.48. The molecule has 21 heavy (non-hydrogen) atoms. The maximum Gasteiger partial charge on any atom is 0.337 e. The minimum atomic E-state index is -0.571. The van der Waals surface area contributed by atoms with Gasteiger partial charge in [-0.25, -0.2) is 9.18 Å². The zero-order chi connectivity index (χ0) is 15.4. The number of esters is 1. The van der Waals surface area contributed by atoms with E-state index >= 15 is 0 Å². The van der Waals surface area contributed by atoms with Crippen LogP contribution < -0.4 is 10.6 Å². The van der Waals surface area contributed by atoms with Crippen LogP contribution in [-0.2, 0) is 9.53 Å². The minimum Gasteiger partial charge on any atom is -0.465 e. The molecule has 1 aromatic rings. The quantitative estimate of drug-likeness (QED) is 0.836. The molecule has 0 spiro atoms. The van der Waals surface area contributed by atoms with Gasteiger partial charge in [-0.05, 0) is 44.5 Å². The molecule has 0 aliphatic carbocycles. The van der Waals surface area contributed by atoms with Crippen LogP contribution in [0.2, 0.25) is 0 Å². The number of carbonyl (C=O) groups excluding carboxylic acids is 2. The first kappa shape index (κ1) is 15.4. The lowest BCUT2D eigenvalue weighted by atomic mass is 9.92. The number of benzene rings is 1. The largest absolute Gasteiger partial charge is 0.465 e. The number of methoxy groups -OCH3 is 1. The molecule has 0 radical (unpaired) electrons. The second kappa shape index (κ2) is 6.67. The van der Waals surface area contributed by atoms with E-state index in [2.05, 4.69) is 15.4 Å². The van der Waals surface area contributed by atoms with Gasteiger partial charge in [0.2, 0.25) is 5.91 Å². The lowest BCUT2D eigenvalue weighted by Gasteiger charge is -2.27. The summed E-state index contributed by atoms with van der Waals surface area (Å²) in [6.45, 7) is 2.78. The maximum absolute atomic E-state index is 13.8. The Kier molecular flexibility index (Phi) is 4.90. The fourth-order valence-electron chi connectivity index (χ4n) is 2.47. The van der Waals surface area contributed by atoms with E-state index in [1.165, 1.54) is 19.2 Å². The molecule has 1 aromatic carbocycles. The Labute approximate surface area is 122 Å². The molecule has 0 saturated carbocycles. The van der Waals surface area contributed by atoms with Crippen LogP contribution in [0.1, 0.15) is 30.1 Å². The predicted molar refractivity (Wildman–Crippen MR) is 76.6 cm³/mol. The summed E-state index contributed by atoms with van der Waals surface area (Å²) >= 11 is 0. The summed E-state index contributed by atoms with van der Waals surface area (Å²) in [5.41, 5.74) is 0.210. The number of ether oxygens (including phenoxy) is 1. The molecular weight excluding hydrogens is 275 g/mol. The van der Waals surface area contributed by atoms with Crippen LogP contribution in [0.4, 0.5) is 10.1 Å². The van der Waals surface area contributed by atoms with Crippen molar-refractivity contribution in [1.82, 2.24) is 5.32 Å². The third-order valence-corrected chi connectivity index (χ3v) is 3.64. The number of anilines is 1. The van der Waals surface area contributed by atoms with Crippen LogP contribution >= 0.6 is 0 Å². The summed E-state index contributed by atoms with van der Waals surface area (Å²) in [5.74, 6) is -1.51. The van der Waals surface area contributed by atoms with Gasteiger partial charge in [0, 0.05) is 12.0 Å². The first-order valence-corrected chi connectivity index (χ1v) is 6.93. The molecule has 0 aromatic heterocycles. The van der Waals surface area contributed by atoms with Gasteiger partial charge in [0.25, 0.3) is 0 Å². The van der Waals surface area contributed by atoms with Crippen molar-refractivity contribution in [2.24, 2.45) is 5.92 Å². The highest BCUT2D eigenvalue weighted by Crippen LogP contribution is 2.21. The monoisotopic (exact) mass is 294 g/mol. The smallest absolute Gasteiger partial charge is 0.337 e. The number of hydrogen-bond donors (Lipinski definition) is 2. The first-order valence-electron chi connectivity index (χ1n) is 6.93. The third kappa shape index (κ3) is 3.78. The number of hydrogen-bond acceptors (Lipinski definition) is 4. The van der Waals surface area contributed by atoms with Gasteiger partial charge in [0.15, 0.2) is 0 Å².